The second-order valence-electron chi connectivity index (χ2n) is 4.02. The number of anilines is 1. The lowest BCUT2D eigenvalue weighted by molar-refractivity contribution is 0.391. The number of hydrogen-bond acceptors (Lipinski definition) is 5. The lowest BCUT2D eigenvalue weighted by atomic mass is 10.2. The molecule has 0 fully saturated rings. The van der Waals surface area contributed by atoms with E-state index in [9.17, 15) is 0 Å². The molecule has 0 aliphatic carbocycles. The highest BCUT2D eigenvalue weighted by Crippen LogP contribution is 2.26. The molecule has 4 nitrogen and oxygen atoms in total. The van der Waals surface area contributed by atoms with Crippen LogP contribution in [0.15, 0.2) is 24.4 Å². The predicted molar refractivity (Wildman–Crippen MR) is 78.4 cm³/mol. The number of nitrogens with zero attached hydrogens (tertiary/aromatic N) is 1. The quantitative estimate of drug-likeness (QED) is 0.880. The van der Waals surface area contributed by atoms with Crippen LogP contribution in [0, 0.1) is 0 Å². The van der Waals surface area contributed by atoms with Crippen LogP contribution in [0.3, 0.4) is 0 Å². The van der Waals surface area contributed by atoms with Crippen LogP contribution in [0.1, 0.15) is 17.4 Å². The number of aromatic nitrogens is 1. The molecule has 2 rings (SSSR count). The van der Waals surface area contributed by atoms with Crippen LogP contribution in [-0.4, -0.2) is 19.2 Å². The number of rotatable bonds is 6. The van der Waals surface area contributed by atoms with E-state index in [0.29, 0.717) is 6.54 Å². The van der Waals surface area contributed by atoms with Gasteiger partial charge in [0.05, 0.1) is 14.2 Å². The smallest absolute Gasteiger partial charge is 0.183 e. The van der Waals surface area contributed by atoms with Gasteiger partial charge in [-0.05, 0) is 18.6 Å². The molecule has 1 heterocycles. The van der Waals surface area contributed by atoms with E-state index in [0.717, 1.165) is 28.6 Å². The third-order valence-corrected chi connectivity index (χ3v) is 3.93. The minimum absolute atomic E-state index is 0.684. The van der Waals surface area contributed by atoms with Crippen LogP contribution >= 0.6 is 11.3 Å². The fraction of sp³-hybridized carbons (Fsp3) is 0.357. The molecule has 0 unspecified atom stereocenters. The average Bonchev–Trinajstić information content (AvgIpc) is 2.92. The molecule has 0 amide bonds. The zero-order valence-corrected chi connectivity index (χ0v) is 12.2. The lowest BCUT2D eigenvalue weighted by Crippen LogP contribution is -2.01. The first kappa shape index (κ1) is 13.7. The molecular weight excluding hydrogens is 260 g/mol. The molecular formula is C14H18N2O2S. The van der Waals surface area contributed by atoms with Gasteiger partial charge in [-0.15, -0.1) is 11.3 Å². The normalized spacial score (nSPS) is 10.3. The molecule has 2 aromatic rings. The summed E-state index contributed by atoms with van der Waals surface area (Å²) in [5.74, 6) is 1.61. The summed E-state index contributed by atoms with van der Waals surface area (Å²) in [5.41, 5.74) is 1.08. The van der Waals surface area contributed by atoms with Crippen molar-refractivity contribution >= 4 is 16.5 Å². The minimum Gasteiger partial charge on any atom is -0.497 e. The van der Waals surface area contributed by atoms with Gasteiger partial charge in [0, 0.05) is 29.2 Å². The molecule has 0 atom stereocenters. The zero-order chi connectivity index (χ0) is 13.7. The highest BCUT2D eigenvalue weighted by atomic mass is 32.1. The van der Waals surface area contributed by atoms with E-state index in [2.05, 4.69) is 17.2 Å². The molecule has 0 aliphatic heterocycles. The van der Waals surface area contributed by atoms with Gasteiger partial charge in [-0.1, -0.05) is 6.92 Å². The summed E-state index contributed by atoms with van der Waals surface area (Å²) >= 11 is 1.69. The summed E-state index contributed by atoms with van der Waals surface area (Å²) in [4.78, 5) is 5.61. The number of benzene rings is 1. The number of methoxy groups -OCH3 is 2. The fourth-order valence-corrected chi connectivity index (χ4v) is 2.47. The average molecular weight is 278 g/mol. The van der Waals surface area contributed by atoms with Gasteiger partial charge < -0.3 is 14.8 Å². The van der Waals surface area contributed by atoms with Crippen molar-refractivity contribution in [1.29, 1.82) is 0 Å². The molecule has 1 N–H and O–H groups in total. The van der Waals surface area contributed by atoms with Crippen LogP contribution < -0.4 is 14.8 Å². The van der Waals surface area contributed by atoms with Crippen molar-refractivity contribution < 1.29 is 9.47 Å². The van der Waals surface area contributed by atoms with Crippen molar-refractivity contribution in [1.82, 2.24) is 4.98 Å². The predicted octanol–water partition coefficient (Wildman–Crippen LogP) is 3.33. The van der Waals surface area contributed by atoms with Gasteiger partial charge in [0.2, 0.25) is 0 Å². The Bertz CT molecular complexity index is 540. The Morgan fingerprint density at radius 3 is 2.74 bits per heavy atom. The van der Waals surface area contributed by atoms with Gasteiger partial charge in [-0.2, -0.15) is 0 Å². The maximum atomic E-state index is 5.37. The third-order valence-electron chi connectivity index (χ3n) is 2.83. The first-order chi connectivity index (χ1) is 9.26. The summed E-state index contributed by atoms with van der Waals surface area (Å²) in [7, 11) is 3.31. The standard InChI is InChI=1S/C14H18N2O2S/c1-4-12-9-16-14(19-12)15-8-10-5-6-11(17-2)7-13(10)18-3/h5-7,9H,4,8H2,1-3H3,(H,15,16). The maximum Gasteiger partial charge on any atom is 0.183 e. The number of ether oxygens (including phenoxy) is 2. The van der Waals surface area contributed by atoms with E-state index >= 15 is 0 Å². The molecule has 0 saturated carbocycles. The number of aryl methyl sites for hydroxylation is 1. The molecule has 1 aromatic heterocycles. The number of nitrogens with one attached hydrogen (secondary N) is 1. The highest BCUT2D eigenvalue weighted by molar-refractivity contribution is 7.15. The van der Waals surface area contributed by atoms with Gasteiger partial charge in [0.15, 0.2) is 5.13 Å². The topological polar surface area (TPSA) is 43.4 Å². The molecule has 0 spiro atoms. The van der Waals surface area contributed by atoms with E-state index in [-0.39, 0.29) is 0 Å². The van der Waals surface area contributed by atoms with Gasteiger partial charge in [0.25, 0.3) is 0 Å². The Hall–Kier alpha value is -1.75. The third kappa shape index (κ3) is 3.38. The van der Waals surface area contributed by atoms with E-state index in [1.807, 2.05) is 24.4 Å². The van der Waals surface area contributed by atoms with Crippen molar-refractivity contribution in [2.45, 2.75) is 19.9 Å². The summed E-state index contributed by atoms with van der Waals surface area (Å²) in [6, 6.07) is 5.81. The molecule has 0 radical (unpaired) electrons. The van der Waals surface area contributed by atoms with E-state index in [1.165, 1.54) is 4.88 Å². The van der Waals surface area contributed by atoms with Crippen LogP contribution in [0.5, 0.6) is 11.5 Å². The zero-order valence-electron chi connectivity index (χ0n) is 11.4. The second-order valence-corrected chi connectivity index (χ2v) is 5.13. The summed E-state index contributed by atoms with van der Waals surface area (Å²) in [6.45, 7) is 2.81. The second kappa shape index (κ2) is 6.43. The van der Waals surface area contributed by atoms with Gasteiger partial charge >= 0.3 is 0 Å². The summed E-state index contributed by atoms with van der Waals surface area (Å²) in [5, 5.41) is 4.25. The van der Waals surface area contributed by atoms with Crippen LogP contribution in [0.4, 0.5) is 5.13 Å². The van der Waals surface area contributed by atoms with Crippen molar-refractivity contribution in [3.05, 3.63) is 34.8 Å². The molecule has 1 aromatic carbocycles. The Kier molecular flexibility index (Phi) is 4.63. The first-order valence-electron chi connectivity index (χ1n) is 6.16. The lowest BCUT2D eigenvalue weighted by Gasteiger charge is -2.10. The monoisotopic (exact) mass is 278 g/mol. The fourth-order valence-electron chi connectivity index (χ4n) is 1.72. The Morgan fingerprint density at radius 1 is 1.26 bits per heavy atom. The van der Waals surface area contributed by atoms with Gasteiger partial charge in [0.1, 0.15) is 11.5 Å². The van der Waals surface area contributed by atoms with Crippen molar-refractivity contribution in [3.8, 4) is 11.5 Å². The first-order valence-corrected chi connectivity index (χ1v) is 6.98. The number of hydrogen-bond donors (Lipinski definition) is 1. The largest absolute Gasteiger partial charge is 0.497 e. The molecule has 0 aliphatic rings. The summed E-state index contributed by atoms with van der Waals surface area (Å²) < 4.78 is 10.5. The number of thiazole rings is 1. The highest BCUT2D eigenvalue weighted by Gasteiger charge is 2.06. The maximum absolute atomic E-state index is 5.37. The van der Waals surface area contributed by atoms with Crippen molar-refractivity contribution in [2.24, 2.45) is 0 Å². The Morgan fingerprint density at radius 2 is 2.11 bits per heavy atom. The SMILES string of the molecule is CCc1cnc(NCc2ccc(OC)cc2OC)s1. The molecule has 0 saturated heterocycles. The van der Waals surface area contributed by atoms with Crippen LogP contribution in [-0.2, 0) is 13.0 Å². The van der Waals surface area contributed by atoms with E-state index in [4.69, 9.17) is 9.47 Å². The van der Waals surface area contributed by atoms with E-state index in [1.54, 1.807) is 25.6 Å². The van der Waals surface area contributed by atoms with Crippen LogP contribution in [0.2, 0.25) is 0 Å². The van der Waals surface area contributed by atoms with Crippen molar-refractivity contribution in [2.75, 3.05) is 19.5 Å². The molecule has 0 bridgehead atoms. The van der Waals surface area contributed by atoms with E-state index < -0.39 is 0 Å². The minimum atomic E-state index is 0.684. The van der Waals surface area contributed by atoms with Crippen molar-refractivity contribution in [3.63, 3.8) is 0 Å². The van der Waals surface area contributed by atoms with Crippen LogP contribution in [0.25, 0.3) is 0 Å². The van der Waals surface area contributed by atoms with Gasteiger partial charge in [-0.25, -0.2) is 4.98 Å². The molecule has 102 valence electrons. The van der Waals surface area contributed by atoms with Gasteiger partial charge in [-0.3, -0.25) is 0 Å². The summed E-state index contributed by atoms with van der Waals surface area (Å²) in [6.07, 6.45) is 2.93. The molecule has 5 heteroatoms. The molecule has 19 heavy (non-hydrogen) atoms. The Labute approximate surface area is 117 Å². The Balaban J connectivity index is 2.06.